The Morgan fingerprint density at radius 2 is 2.00 bits per heavy atom. The van der Waals surface area contributed by atoms with Crippen molar-refractivity contribution in [2.45, 2.75) is 27.2 Å². The average molecular weight is 330 g/mol. The lowest BCUT2D eigenvalue weighted by Crippen LogP contribution is -2.35. The van der Waals surface area contributed by atoms with Gasteiger partial charge in [0.1, 0.15) is 16.7 Å². The topological polar surface area (TPSA) is 47.8 Å². The molecular formula is C18H20ClN3O. The maximum absolute atomic E-state index is 12.9. The number of carbonyl (C=O) groups excluding carboxylic acids is 1. The minimum Gasteiger partial charge on any atom is -0.292 e. The van der Waals surface area contributed by atoms with E-state index in [1.54, 1.807) is 18.2 Å². The SMILES string of the molecule is C=CC1C=C(n2nc3ccc(Cl)cc3n2)C(=O)C(C(C)(C)C)C1. The average Bonchev–Trinajstić information content (AvgIpc) is 2.89. The van der Waals surface area contributed by atoms with Crippen LogP contribution in [0.5, 0.6) is 0 Å². The quantitative estimate of drug-likeness (QED) is 0.769. The van der Waals surface area contributed by atoms with Gasteiger partial charge in [0.25, 0.3) is 0 Å². The lowest BCUT2D eigenvalue weighted by atomic mass is 9.70. The molecule has 0 aliphatic heterocycles. The second kappa shape index (κ2) is 5.60. The van der Waals surface area contributed by atoms with Crippen LogP contribution in [0.2, 0.25) is 5.02 Å². The Hall–Kier alpha value is -1.94. The molecule has 1 aromatic carbocycles. The van der Waals surface area contributed by atoms with Gasteiger partial charge in [-0.15, -0.1) is 21.6 Å². The molecule has 1 aliphatic carbocycles. The Labute approximate surface area is 140 Å². The maximum atomic E-state index is 12.9. The summed E-state index contributed by atoms with van der Waals surface area (Å²) in [5.74, 6) is 0.148. The van der Waals surface area contributed by atoms with E-state index in [0.717, 1.165) is 11.9 Å². The summed E-state index contributed by atoms with van der Waals surface area (Å²) < 4.78 is 0. The van der Waals surface area contributed by atoms with Crippen LogP contribution in [0.1, 0.15) is 27.2 Å². The van der Waals surface area contributed by atoms with Crippen molar-refractivity contribution < 1.29 is 4.79 Å². The van der Waals surface area contributed by atoms with Gasteiger partial charge in [0.05, 0.1) is 0 Å². The van der Waals surface area contributed by atoms with Crippen LogP contribution < -0.4 is 0 Å². The number of fused-ring (bicyclic) bond motifs is 1. The van der Waals surface area contributed by atoms with Crippen molar-refractivity contribution in [3.8, 4) is 0 Å². The summed E-state index contributed by atoms with van der Waals surface area (Å²) in [5, 5.41) is 9.47. The van der Waals surface area contributed by atoms with Crippen LogP contribution in [0.3, 0.4) is 0 Å². The summed E-state index contributed by atoms with van der Waals surface area (Å²) in [6.07, 6.45) is 4.57. The van der Waals surface area contributed by atoms with E-state index >= 15 is 0 Å². The van der Waals surface area contributed by atoms with Gasteiger partial charge in [-0.1, -0.05) is 38.4 Å². The molecule has 0 fully saturated rings. The molecule has 0 bridgehead atoms. The van der Waals surface area contributed by atoms with Crippen LogP contribution in [-0.2, 0) is 4.79 Å². The molecule has 1 aromatic heterocycles. The molecule has 23 heavy (non-hydrogen) atoms. The van der Waals surface area contributed by atoms with Crippen molar-refractivity contribution >= 4 is 34.1 Å². The van der Waals surface area contributed by atoms with Gasteiger partial charge in [-0.25, -0.2) is 0 Å². The van der Waals surface area contributed by atoms with Crippen LogP contribution in [0.15, 0.2) is 36.9 Å². The summed E-state index contributed by atoms with van der Waals surface area (Å²) in [6, 6.07) is 5.33. The predicted molar refractivity (Wildman–Crippen MR) is 93.1 cm³/mol. The van der Waals surface area contributed by atoms with Crippen LogP contribution in [0.4, 0.5) is 0 Å². The van der Waals surface area contributed by atoms with Crippen molar-refractivity contribution in [1.82, 2.24) is 15.0 Å². The van der Waals surface area contributed by atoms with Gasteiger partial charge in [-0.2, -0.15) is 0 Å². The smallest absolute Gasteiger partial charge is 0.186 e. The normalized spacial score (nSPS) is 22.3. The molecule has 3 rings (SSSR count). The number of nitrogens with zero attached hydrogens (tertiary/aromatic N) is 3. The molecule has 0 amide bonds. The van der Waals surface area contributed by atoms with E-state index in [-0.39, 0.29) is 23.0 Å². The molecule has 0 saturated carbocycles. The van der Waals surface area contributed by atoms with Gasteiger partial charge < -0.3 is 0 Å². The zero-order valence-corrected chi connectivity index (χ0v) is 14.3. The first-order valence-corrected chi connectivity index (χ1v) is 8.09. The van der Waals surface area contributed by atoms with Crippen LogP contribution in [0.25, 0.3) is 16.7 Å². The van der Waals surface area contributed by atoms with Crippen LogP contribution in [0, 0.1) is 17.3 Å². The molecule has 0 radical (unpaired) electrons. The van der Waals surface area contributed by atoms with Gasteiger partial charge in [-0.05, 0) is 42.0 Å². The Bertz CT molecular complexity index is 813. The molecule has 1 heterocycles. The minimum absolute atomic E-state index is 0.0804. The summed E-state index contributed by atoms with van der Waals surface area (Å²) in [4.78, 5) is 14.4. The predicted octanol–water partition coefficient (Wildman–Crippen LogP) is 4.36. The number of allylic oxidation sites excluding steroid dienone is 3. The molecule has 0 N–H and O–H groups in total. The highest BCUT2D eigenvalue weighted by molar-refractivity contribution is 6.31. The van der Waals surface area contributed by atoms with Gasteiger partial charge in [0.2, 0.25) is 0 Å². The number of halogens is 1. The zero-order chi connectivity index (χ0) is 16.8. The number of aromatic nitrogens is 3. The first-order chi connectivity index (χ1) is 10.8. The molecule has 2 unspecified atom stereocenters. The fraction of sp³-hybridized carbons (Fsp3) is 0.389. The lowest BCUT2D eigenvalue weighted by molar-refractivity contribution is -0.121. The van der Waals surface area contributed by atoms with Gasteiger partial charge in [-0.3, -0.25) is 4.79 Å². The number of carbonyl (C=O) groups is 1. The summed E-state index contributed by atoms with van der Waals surface area (Å²) in [7, 11) is 0. The van der Waals surface area contributed by atoms with Crippen molar-refractivity contribution in [1.29, 1.82) is 0 Å². The molecule has 2 atom stereocenters. The summed E-state index contributed by atoms with van der Waals surface area (Å²) in [5.41, 5.74) is 1.80. The van der Waals surface area contributed by atoms with Crippen LogP contribution in [-0.4, -0.2) is 20.8 Å². The van der Waals surface area contributed by atoms with E-state index < -0.39 is 0 Å². The minimum atomic E-state index is -0.117. The zero-order valence-electron chi connectivity index (χ0n) is 13.6. The Kier molecular flexibility index (Phi) is 3.88. The van der Waals surface area contributed by atoms with E-state index in [4.69, 9.17) is 11.6 Å². The van der Waals surface area contributed by atoms with Crippen LogP contribution >= 0.6 is 11.6 Å². The summed E-state index contributed by atoms with van der Waals surface area (Å²) >= 11 is 6.00. The number of rotatable bonds is 2. The van der Waals surface area contributed by atoms with E-state index in [1.807, 2.05) is 12.2 Å². The molecule has 5 heteroatoms. The highest BCUT2D eigenvalue weighted by Crippen LogP contribution is 2.39. The number of ketones is 1. The second-order valence-corrected chi connectivity index (χ2v) is 7.53. The Balaban J connectivity index is 2.09. The third-order valence-electron chi connectivity index (χ3n) is 4.35. The Morgan fingerprint density at radius 1 is 1.30 bits per heavy atom. The van der Waals surface area contributed by atoms with Gasteiger partial charge in [0, 0.05) is 10.9 Å². The van der Waals surface area contributed by atoms with Crippen molar-refractivity contribution in [2.24, 2.45) is 17.3 Å². The van der Waals surface area contributed by atoms with Crippen molar-refractivity contribution in [3.05, 3.63) is 42.0 Å². The van der Waals surface area contributed by atoms with E-state index in [9.17, 15) is 4.79 Å². The number of benzene rings is 1. The standard InChI is InChI=1S/C18H20ClN3O/c1-5-11-8-13(18(2,3)4)17(23)16(9-11)22-20-14-7-6-12(19)10-15(14)21-22/h5-7,9-11,13H,1,8H2,2-4H3. The third-order valence-corrected chi connectivity index (χ3v) is 4.59. The third kappa shape index (κ3) is 2.95. The lowest BCUT2D eigenvalue weighted by Gasteiger charge is -2.34. The Morgan fingerprint density at radius 3 is 2.65 bits per heavy atom. The first kappa shape index (κ1) is 15.9. The highest BCUT2D eigenvalue weighted by atomic mass is 35.5. The molecular weight excluding hydrogens is 310 g/mol. The summed E-state index contributed by atoms with van der Waals surface area (Å²) in [6.45, 7) is 10.2. The second-order valence-electron chi connectivity index (χ2n) is 7.09. The molecule has 1 aliphatic rings. The molecule has 120 valence electrons. The van der Waals surface area contributed by atoms with Crippen molar-refractivity contribution in [2.75, 3.05) is 0 Å². The van der Waals surface area contributed by atoms with E-state index in [2.05, 4.69) is 37.5 Å². The number of Topliss-reactive ketones (excluding diaryl/α,β-unsaturated/α-hetero) is 1. The fourth-order valence-electron chi connectivity index (χ4n) is 2.98. The largest absolute Gasteiger partial charge is 0.292 e. The number of hydrogen-bond donors (Lipinski definition) is 0. The maximum Gasteiger partial charge on any atom is 0.186 e. The van der Waals surface area contributed by atoms with Crippen molar-refractivity contribution in [3.63, 3.8) is 0 Å². The molecule has 0 spiro atoms. The van der Waals surface area contributed by atoms with E-state index in [0.29, 0.717) is 16.2 Å². The molecule has 4 nitrogen and oxygen atoms in total. The first-order valence-electron chi connectivity index (χ1n) is 7.71. The monoisotopic (exact) mass is 329 g/mol. The molecule has 0 saturated heterocycles. The van der Waals surface area contributed by atoms with Gasteiger partial charge in [0.15, 0.2) is 5.78 Å². The molecule has 2 aromatic rings. The fourth-order valence-corrected chi connectivity index (χ4v) is 3.15. The van der Waals surface area contributed by atoms with E-state index in [1.165, 1.54) is 4.80 Å². The highest BCUT2D eigenvalue weighted by Gasteiger charge is 2.38. The number of hydrogen-bond acceptors (Lipinski definition) is 3. The van der Waals surface area contributed by atoms with Gasteiger partial charge >= 0.3 is 0 Å².